The fourth-order valence-corrected chi connectivity index (χ4v) is 4.48. The number of carbonyl (C=O) groups excluding carboxylic acids is 1. The maximum atomic E-state index is 13.6. The van der Waals surface area contributed by atoms with Gasteiger partial charge in [-0.1, -0.05) is 29.5 Å². The van der Waals surface area contributed by atoms with Gasteiger partial charge in [0.25, 0.3) is 0 Å². The molecule has 0 radical (unpaired) electrons. The summed E-state index contributed by atoms with van der Waals surface area (Å²) in [5.41, 5.74) is 4.07. The number of anilines is 1. The second-order valence-electron chi connectivity index (χ2n) is 7.34. The Kier molecular flexibility index (Phi) is 5.42. The molecule has 2 heterocycles. The molecule has 1 atom stereocenters. The topological polar surface area (TPSA) is 42.4 Å². The summed E-state index contributed by atoms with van der Waals surface area (Å²) in [4.78, 5) is 19.5. The third-order valence-electron chi connectivity index (χ3n) is 5.21. The van der Waals surface area contributed by atoms with Gasteiger partial charge in [-0.15, -0.1) is 0 Å². The highest BCUT2D eigenvalue weighted by atomic mass is 32.1. The Balaban J connectivity index is 1.63. The zero-order valence-corrected chi connectivity index (χ0v) is 16.9. The molecule has 146 valence electrons. The number of hydrogen-bond donors (Lipinski definition) is 0. The third-order valence-corrected chi connectivity index (χ3v) is 6.25. The van der Waals surface area contributed by atoms with Crippen molar-refractivity contribution in [3.05, 3.63) is 58.9 Å². The first-order chi connectivity index (χ1) is 13.5. The maximum absolute atomic E-state index is 13.6. The first-order valence-electron chi connectivity index (χ1n) is 9.54. The van der Waals surface area contributed by atoms with Crippen LogP contribution in [0.25, 0.3) is 10.2 Å². The van der Waals surface area contributed by atoms with E-state index in [1.165, 1.54) is 34.6 Å². The normalized spacial score (nSPS) is 16.6. The van der Waals surface area contributed by atoms with Crippen molar-refractivity contribution >= 4 is 32.6 Å². The molecule has 1 unspecified atom stereocenters. The van der Waals surface area contributed by atoms with E-state index < -0.39 is 0 Å². The number of benzene rings is 2. The highest BCUT2D eigenvalue weighted by molar-refractivity contribution is 7.22. The summed E-state index contributed by atoms with van der Waals surface area (Å²) in [6.07, 6.45) is 2.27. The lowest BCUT2D eigenvalue weighted by Gasteiger charge is -2.23. The standard InChI is InChI=1S/C22H23FN2O2S/c1-14-5-6-16(10-15(14)2)11-21(26)25(13-18-4-3-9-27-18)22-24-19-8-7-17(23)12-20(19)28-22/h5-8,10,12,18H,3-4,9,11,13H2,1-2H3. The predicted molar refractivity (Wildman–Crippen MR) is 111 cm³/mol. The molecule has 1 aliphatic heterocycles. The number of aromatic nitrogens is 1. The largest absolute Gasteiger partial charge is 0.376 e. The molecule has 1 aromatic heterocycles. The monoisotopic (exact) mass is 398 g/mol. The number of ether oxygens (including phenoxy) is 1. The van der Waals surface area contributed by atoms with E-state index >= 15 is 0 Å². The van der Waals surface area contributed by atoms with E-state index in [4.69, 9.17) is 4.74 Å². The lowest BCUT2D eigenvalue weighted by atomic mass is 10.0. The first kappa shape index (κ1) is 19.0. The molecule has 1 saturated heterocycles. The van der Waals surface area contributed by atoms with Gasteiger partial charge in [-0.2, -0.15) is 0 Å². The summed E-state index contributed by atoms with van der Waals surface area (Å²) in [5.74, 6) is -0.312. The van der Waals surface area contributed by atoms with E-state index in [9.17, 15) is 9.18 Å². The van der Waals surface area contributed by atoms with Gasteiger partial charge in [-0.25, -0.2) is 9.37 Å². The lowest BCUT2D eigenvalue weighted by Crippen LogP contribution is -2.38. The summed E-state index contributed by atoms with van der Waals surface area (Å²) in [7, 11) is 0. The molecule has 0 bridgehead atoms. The van der Waals surface area contributed by atoms with Crippen LogP contribution in [0.4, 0.5) is 9.52 Å². The van der Waals surface area contributed by atoms with Gasteiger partial charge in [0.05, 0.1) is 29.3 Å². The van der Waals surface area contributed by atoms with Gasteiger partial charge in [0, 0.05) is 6.61 Å². The van der Waals surface area contributed by atoms with E-state index in [0.29, 0.717) is 23.6 Å². The molecule has 4 nitrogen and oxygen atoms in total. The van der Waals surface area contributed by atoms with Gasteiger partial charge >= 0.3 is 0 Å². The van der Waals surface area contributed by atoms with Crippen molar-refractivity contribution in [2.24, 2.45) is 0 Å². The summed E-state index contributed by atoms with van der Waals surface area (Å²) >= 11 is 1.35. The Morgan fingerprint density at radius 2 is 2.11 bits per heavy atom. The quantitative estimate of drug-likeness (QED) is 0.620. The number of halogens is 1. The minimum atomic E-state index is -0.296. The fourth-order valence-electron chi connectivity index (χ4n) is 3.46. The molecule has 1 aliphatic rings. The SMILES string of the molecule is Cc1ccc(CC(=O)N(CC2CCCO2)c2nc3ccc(F)cc3s2)cc1C. The van der Waals surface area contributed by atoms with E-state index in [2.05, 4.69) is 24.9 Å². The molecule has 4 rings (SSSR count). The molecular formula is C22H23FN2O2S. The molecule has 0 spiro atoms. The Morgan fingerprint density at radius 3 is 2.86 bits per heavy atom. The number of fused-ring (bicyclic) bond motifs is 1. The molecular weight excluding hydrogens is 375 g/mol. The number of carbonyl (C=O) groups is 1. The van der Waals surface area contributed by atoms with Crippen molar-refractivity contribution in [1.29, 1.82) is 0 Å². The first-order valence-corrected chi connectivity index (χ1v) is 10.4. The molecule has 2 aromatic carbocycles. The van der Waals surface area contributed by atoms with E-state index in [0.717, 1.165) is 29.7 Å². The van der Waals surface area contributed by atoms with Gasteiger partial charge in [0.2, 0.25) is 5.91 Å². The van der Waals surface area contributed by atoms with Crippen LogP contribution in [0.3, 0.4) is 0 Å². The molecule has 3 aromatic rings. The zero-order valence-electron chi connectivity index (χ0n) is 16.1. The van der Waals surface area contributed by atoms with E-state index in [-0.39, 0.29) is 17.8 Å². The van der Waals surface area contributed by atoms with Gasteiger partial charge in [0.15, 0.2) is 5.13 Å². The van der Waals surface area contributed by atoms with Gasteiger partial charge < -0.3 is 4.74 Å². The number of thiazole rings is 1. The minimum absolute atomic E-state index is 0.0155. The van der Waals surface area contributed by atoms with E-state index in [1.54, 1.807) is 11.0 Å². The summed E-state index contributed by atoms with van der Waals surface area (Å²) < 4.78 is 20.1. The van der Waals surface area contributed by atoms with Crippen LogP contribution in [0, 0.1) is 19.7 Å². The minimum Gasteiger partial charge on any atom is -0.376 e. The smallest absolute Gasteiger partial charge is 0.233 e. The Bertz CT molecular complexity index is 1010. The molecule has 1 amide bonds. The second-order valence-corrected chi connectivity index (χ2v) is 8.35. The molecule has 0 aliphatic carbocycles. The molecule has 28 heavy (non-hydrogen) atoms. The molecule has 0 N–H and O–H groups in total. The number of amides is 1. The number of hydrogen-bond acceptors (Lipinski definition) is 4. The Labute approximate surface area is 168 Å². The average molecular weight is 399 g/mol. The number of nitrogens with zero attached hydrogens (tertiary/aromatic N) is 2. The van der Waals surface area contributed by atoms with E-state index in [1.807, 2.05) is 12.1 Å². The second kappa shape index (κ2) is 7.97. The van der Waals surface area contributed by atoms with Crippen molar-refractivity contribution in [1.82, 2.24) is 4.98 Å². The van der Waals surface area contributed by atoms with Gasteiger partial charge in [-0.3, -0.25) is 9.69 Å². The highest BCUT2D eigenvalue weighted by Crippen LogP contribution is 2.31. The predicted octanol–water partition coefficient (Wildman–Crippen LogP) is 4.81. The molecule has 1 fully saturated rings. The summed E-state index contributed by atoms with van der Waals surface area (Å²) in [5, 5.41) is 0.602. The van der Waals surface area contributed by atoms with Crippen molar-refractivity contribution in [3.8, 4) is 0 Å². The lowest BCUT2D eigenvalue weighted by molar-refractivity contribution is -0.118. The average Bonchev–Trinajstić information content (AvgIpc) is 3.31. The van der Waals surface area contributed by atoms with Crippen molar-refractivity contribution in [3.63, 3.8) is 0 Å². The zero-order chi connectivity index (χ0) is 19.7. The van der Waals surface area contributed by atoms with Crippen LogP contribution < -0.4 is 4.90 Å². The molecule has 0 saturated carbocycles. The number of aryl methyl sites for hydroxylation is 2. The van der Waals surface area contributed by atoms with Crippen molar-refractivity contribution in [2.45, 2.75) is 39.2 Å². The van der Waals surface area contributed by atoms with Crippen LogP contribution in [0.5, 0.6) is 0 Å². The van der Waals surface area contributed by atoms with Crippen LogP contribution in [-0.4, -0.2) is 30.1 Å². The number of rotatable bonds is 5. The molecule has 6 heteroatoms. The van der Waals surface area contributed by atoms with Crippen molar-refractivity contribution in [2.75, 3.05) is 18.1 Å². The van der Waals surface area contributed by atoms with Crippen LogP contribution in [0.2, 0.25) is 0 Å². The highest BCUT2D eigenvalue weighted by Gasteiger charge is 2.26. The summed E-state index contributed by atoms with van der Waals surface area (Å²) in [6.45, 7) is 5.32. The maximum Gasteiger partial charge on any atom is 0.233 e. The van der Waals surface area contributed by atoms with Crippen LogP contribution in [0.15, 0.2) is 36.4 Å². The van der Waals surface area contributed by atoms with Crippen molar-refractivity contribution < 1.29 is 13.9 Å². The van der Waals surface area contributed by atoms with Crippen LogP contribution in [-0.2, 0) is 16.0 Å². The third kappa shape index (κ3) is 4.08. The van der Waals surface area contributed by atoms with Gasteiger partial charge in [0.1, 0.15) is 5.82 Å². The van der Waals surface area contributed by atoms with Crippen LogP contribution >= 0.6 is 11.3 Å². The van der Waals surface area contributed by atoms with Gasteiger partial charge in [-0.05, 0) is 61.6 Å². The fraction of sp³-hybridized carbons (Fsp3) is 0.364. The Hall–Kier alpha value is -2.31. The van der Waals surface area contributed by atoms with Crippen LogP contribution in [0.1, 0.15) is 29.5 Å². The summed E-state index contributed by atoms with van der Waals surface area (Å²) in [6, 6.07) is 10.6. The Morgan fingerprint density at radius 1 is 1.25 bits per heavy atom.